The van der Waals surface area contributed by atoms with Crippen molar-refractivity contribution in [3.05, 3.63) is 36.5 Å². The standard InChI is InChI=1S/C9H9N5O2/c15-9(16-8-6-10-14-12-8)13-11-7-4-2-1-3-5-7/h1-6,11H,(H,13,15)(H,10,12,14). The average molecular weight is 219 g/mol. The molecule has 16 heavy (non-hydrogen) atoms. The second-order valence-corrected chi connectivity index (χ2v) is 2.81. The maximum absolute atomic E-state index is 11.2. The van der Waals surface area contributed by atoms with Crippen molar-refractivity contribution in [1.29, 1.82) is 0 Å². The van der Waals surface area contributed by atoms with E-state index >= 15 is 0 Å². The summed E-state index contributed by atoms with van der Waals surface area (Å²) in [5, 5.41) is 9.38. The van der Waals surface area contributed by atoms with Gasteiger partial charge in [0.15, 0.2) is 0 Å². The Morgan fingerprint density at radius 1 is 1.31 bits per heavy atom. The minimum atomic E-state index is -0.669. The minimum Gasteiger partial charge on any atom is -0.387 e. The molecule has 82 valence electrons. The number of rotatable bonds is 3. The molecule has 0 fully saturated rings. The second-order valence-electron chi connectivity index (χ2n) is 2.81. The Morgan fingerprint density at radius 2 is 2.12 bits per heavy atom. The maximum atomic E-state index is 11.2. The van der Waals surface area contributed by atoms with Crippen LogP contribution in [0.5, 0.6) is 5.88 Å². The number of carbonyl (C=O) groups is 1. The summed E-state index contributed by atoms with van der Waals surface area (Å²) in [6.45, 7) is 0. The quantitative estimate of drug-likeness (QED) is 0.667. The number of H-pyrrole nitrogens is 1. The zero-order chi connectivity index (χ0) is 11.2. The monoisotopic (exact) mass is 219 g/mol. The van der Waals surface area contributed by atoms with Crippen LogP contribution < -0.4 is 15.6 Å². The van der Waals surface area contributed by atoms with Gasteiger partial charge in [0.05, 0.1) is 5.69 Å². The van der Waals surface area contributed by atoms with Crippen LogP contribution in [0, 0.1) is 0 Å². The van der Waals surface area contributed by atoms with Crippen LogP contribution >= 0.6 is 0 Å². The number of nitrogens with zero attached hydrogens (tertiary/aromatic N) is 2. The fourth-order valence-corrected chi connectivity index (χ4v) is 1.01. The lowest BCUT2D eigenvalue weighted by Crippen LogP contribution is -2.32. The molecule has 2 rings (SSSR count). The number of aromatic amines is 1. The van der Waals surface area contributed by atoms with Crippen molar-refractivity contribution in [3.8, 4) is 5.88 Å². The number of ether oxygens (including phenoxy) is 1. The summed E-state index contributed by atoms with van der Waals surface area (Å²) >= 11 is 0. The first-order valence-corrected chi connectivity index (χ1v) is 4.49. The highest BCUT2D eigenvalue weighted by Gasteiger charge is 2.04. The molecule has 7 heteroatoms. The highest BCUT2D eigenvalue weighted by molar-refractivity contribution is 5.71. The largest absolute Gasteiger partial charge is 0.432 e. The van der Waals surface area contributed by atoms with Crippen LogP contribution in [0.4, 0.5) is 10.5 Å². The van der Waals surface area contributed by atoms with Crippen LogP contribution in [0.1, 0.15) is 0 Å². The molecule has 1 aromatic carbocycles. The number of hydrazine groups is 1. The van der Waals surface area contributed by atoms with E-state index in [0.717, 1.165) is 5.69 Å². The maximum Gasteiger partial charge on any atom is 0.432 e. The van der Waals surface area contributed by atoms with E-state index in [1.165, 1.54) is 6.20 Å². The second kappa shape index (κ2) is 4.78. The normalized spacial score (nSPS) is 9.50. The van der Waals surface area contributed by atoms with Crippen LogP contribution in [0.25, 0.3) is 0 Å². The summed E-state index contributed by atoms with van der Waals surface area (Å²) < 4.78 is 4.76. The molecule has 1 amide bonds. The molecule has 1 heterocycles. The third-order valence-corrected chi connectivity index (χ3v) is 1.67. The lowest BCUT2D eigenvalue weighted by Gasteiger charge is -2.06. The molecule has 1 aromatic heterocycles. The fraction of sp³-hybridized carbons (Fsp3) is 0. The Morgan fingerprint density at radius 3 is 2.81 bits per heavy atom. The van der Waals surface area contributed by atoms with Gasteiger partial charge in [0.2, 0.25) is 0 Å². The lowest BCUT2D eigenvalue weighted by atomic mass is 10.3. The molecule has 0 aliphatic carbocycles. The van der Waals surface area contributed by atoms with Gasteiger partial charge < -0.3 is 4.74 Å². The molecular formula is C9H9N5O2. The Labute approximate surface area is 90.8 Å². The van der Waals surface area contributed by atoms with E-state index in [1.54, 1.807) is 12.1 Å². The third-order valence-electron chi connectivity index (χ3n) is 1.67. The van der Waals surface area contributed by atoms with Crippen LogP contribution in [-0.2, 0) is 0 Å². The zero-order valence-corrected chi connectivity index (χ0v) is 8.18. The topological polar surface area (TPSA) is 91.9 Å². The van der Waals surface area contributed by atoms with Crippen molar-refractivity contribution in [2.24, 2.45) is 0 Å². The van der Waals surface area contributed by atoms with E-state index in [0.29, 0.717) is 0 Å². The van der Waals surface area contributed by atoms with E-state index < -0.39 is 6.09 Å². The molecule has 3 N–H and O–H groups in total. The van der Waals surface area contributed by atoms with Crippen molar-refractivity contribution in [2.75, 3.05) is 5.43 Å². The molecular weight excluding hydrogens is 210 g/mol. The number of hydrogen-bond acceptors (Lipinski definition) is 5. The van der Waals surface area contributed by atoms with Crippen molar-refractivity contribution < 1.29 is 9.53 Å². The van der Waals surface area contributed by atoms with Crippen molar-refractivity contribution in [1.82, 2.24) is 20.8 Å². The molecule has 0 aliphatic heterocycles. The highest BCUT2D eigenvalue weighted by atomic mass is 16.6. The van der Waals surface area contributed by atoms with Gasteiger partial charge in [-0.3, -0.25) is 5.43 Å². The number of para-hydroxylation sites is 1. The summed E-state index contributed by atoms with van der Waals surface area (Å²) in [7, 11) is 0. The first-order chi connectivity index (χ1) is 7.84. The predicted octanol–water partition coefficient (Wildman–Crippen LogP) is 0.920. The predicted molar refractivity (Wildman–Crippen MR) is 55.6 cm³/mol. The Balaban J connectivity index is 1.80. The number of nitrogens with one attached hydrogen (secondary N) is 3. The van der Waals surface area contributed by atoms with Gasteiger partial charge in [0.1, 0.15) is 6.20 Å². The third kappa shape index (κ3) is 2.71. The summed E-state index contributed by atoms with van der Waals surface area (Å²) in [5.74, 6) is 0.104. The molecule has 0 unspecified atom stereocenters. The first-order valence-electron chi connectivity index (χ1n) is 4.49. The van der Waals surface area contributed by atoms with Gasteiger partial charge in [-0.2, -0.15) is 10.3 Å². The fourth-order valence-electron chi connectivity index (χ4n) is 1.01. The SMILES string of the molecule is O=C(NNc1ccccc1)Oc1cn[nH]n1. The molecule has 0 radical (unpaired) electrons. The van der Waals surface area contributed by atoms with E-state index in [-0.39, 0.29) is 5.88 Å². The number of hydrogen-bond donors (Lipinski definition) is 3. The van der Waals surface area contributed by atoms with Gasteiger partial charge in [-0.1, -0.05) is 18.2 Å². The van der Waals surface area contributed by atoms with Gasteiger partial charge in [-0.05, 0) is 12.1 Å². The number of amides is 1. The van der Waals surface area contributed by atoms with E-state index in [1.807, 2.05) is 18.2 Å². The Hall–Kier alpha value is -2.57. The van der Waals surface area contributed by atoms with Crippen LogP contribution in [0.2, 0.25) is 0 Å². The molecule has 0 saturated heterocycles. The van der Waals surface area contributed by atoms with Crippen LogP contribution in [-0.4, -0.2) is 21.5 Å². The summed E-state index contributed by atoms with van der Waals surface area (Å²) in [6, 6.07) is 9.16. The van der Waals surface area contributed by atoms with Gasteiger partial charge in [0, 0.05) is 0 Å². The van der Waals surface area contributed by atoms with Gasteiger partial charge >= 0.3 is 6.09 Å². The van der Waals surface area contributed by atoms with E-state index in [9.17, 15) is 4.79 Å². The molecule has 7 nitrogen and oxygen atoms in total. The minimum absolute atomic E-state index is 0.104. The molecule has 0 atom stereocenters. The smallest absolute Gasteiger partial charge is 0.387 e. The lowest BCUT2D eigenvalue weighted by molar-refractivity contribution is 0.201. The van der Waals surface area contributed by atoms with Gasteiger partial charge in [0.25, 0.3) is 5.88 Å². The number of aromatic nitrogens is 3. The summed E-state index contributed by atoms with van der Waals surface area (Å²) in [6.07, 6.45) is 0.625. The van der Waals surface area contributed by atoms with Gasteiger partial charge in [-0.15, -0.1) is 5.10 Å². The average Bonchev–Trinajstić information content (AvgIpc) is 2.81. The highest BCUT2D eigenvalue weighted by Crippen LogP contribution is 2.03. The Kier molecular flexibility index (Phi) is 2.98. The van der Waals surface area contributed by atoms with Crippen molar-refractivity contribution in [2.45, 2.75) is 0 Å². The molecule has 0 aliphatic rings. The van der Waals surface area contributed by atoms with E-state index in [4.69, 9.17) is 4.74 Å². The number of carbonyl (C=O) groups excluding carboxylic acids is 1. The van der Waals surface area contributed by atoms with Crippen molar-refractivity contribution >= 4 is 11.8 Å². The summed E-state index contributed by atoms with van der Waals surface area (Å²) in [5.41, 5.74) is 5.77. The molecule has 2 aromatic rings. The number of anilines is 1. The van der Waals surface area contributed by atoms with E-state index in [2.05, 4.69) is 26.3 Å². The van der Waals surface area contributed by atoms with Crippen LogP contribution in [0.3, 0.4) is 0 Å². The first kappa shape index (κ1) is 9.97. The van der Waals surface area contributed by atoms with Gasteiger partial charge in [-0.25, -0.2) is 10.2 Å². The van der Waals surface area contributed by atoms with Crippen molar-refractivity contribution in [3.63, 3.8) is 0 Å². The Bertz CT molecular complexity index is 442. The van der Waals surface area contributed by atoms with Crippen LogP contribution in [0.15, 0.2) is 36.5 Å². The molecule has 0 bridgehead atoms. The molecule has 0 spiro atoms. The zero-order valence-electron chi connectivity index (χ0n) is 8.18. The molecule has 0 saturated carbocycles. The summed E-state index contributed by atoms with van der Waals surface area (Å²) in [4.78, 5) is 11.2. The number of benzene rings is 1.